The zero-order valence-corrected chi connectivity index (χ0v) is 9.73. The molecule has 0 aliphatic carbocycles. The van der Waals surface area contributed by atoms with Crippen LogP contribution in [-0.4, -0.2) is 23.0 Å². The van der Waals surface area contributed by atoms with Crippen LogP contribution in [0.15, 0.2) is 22.6 Å². The minimum Gasteiger partial charge on any atom is -0.439 e. The van der Waals surface area contributed by atoms with Crippen LogP contribution in [0.3, 0.4) is 0 Å². The zero-order valence-electron chi connectivity index (χ0n) is 9.73. The maximum absolute atomic E-state index is 5.69. The van der Waals surface area contributed by atoms with Crippen LogP contribution in [0.2, 0.25) is 0 Å². The van der Waals surface area contributed by atoms with E-state index in [9.17, 15) is 0 Å². The van der Waals surface area contributed by atoms with E-state index in [4.69, 9.17) is 10.2 Å². The first-order chi connectivity index (χ1) is 7.72. The third kappa shape index (κ3) is 2.17. The molecule has 2 aromatic rings. The summed E-state index contributed by atoms with van der Waals surface area (Å²) in [5.74, 6) is 0.754. The van der Waals surface area contributed by atoms with Crippen LogP contribution in [-0.2, 0) is 6.54 Å². The molecule has 0 aliphatic heterocycles. The van der Waals surface area contributed by atoms with Crippen molar-refractivity contribution in [3.8, 4) is 0 Å². The molecule has 0 atom stereocenters. The van der Waals surface area contributed by atoms with Gasteiger partial charge in [0.05, 0.1) is 6.54 Å². The largest absolute Gasteiger partial charge is 0.439 e. The summed E-state index contributed by atoms with van der Waals surface area (Å²) < 4.78 is 5.65. The summed E-state index contributed by atoms with van der Waals surface area (Å²) in [6, 6.07) is 5.54. The lowest BCUT2D eigenvalue weighted by atomic mass is 10.3. The molecule has 0 saturated heterocycles. The minimum atomic E-state index is 0.707. The molecule has 2 N–H and O–H groups in total. The van der Waals surface area contributed by atoms with Gasteiger partial charge >= 0.3 is 0 Å². The van der Waals surface area contributed by atoms with Crippen LogP contribution >= 0.6 is 0 Å². The lowest BCUT2D eigenvalue weighted by Gasteiger charge is -2.14. The summed E-state index contributed by atoms with van der Waals surface area (Å²) in [5.41, 5.74) is 8.03. The molecule has 0 aliphatic rings. The van der Waals surface area contributed by atoms with Gasteiger partial charge in [0.15, 0.2) is 5.58 Å². The molecule has 0 saturated carbocycles. The van der Waals surface area contributed by atoms with Crippen molar-refractivity contribution in [1.29, 1.82) is 0 Å². The van der Waals surface area contributed by atoms with E-state index in [-0.39, 0.29) is 0 Å². The molecule has 0 spiro atoms. The summed E-state index contributed by atoms with van der Waals surface area (Å²) in [5, 5.41) is 0. The number of fused-ring (bicyclic) bond motifs is 1. The second-order valence-electron chi connectivity index (χ2n) is 3.80. The van der Waals surface area contributed by atoms with E-state index >= 15 is 0 Å². The second-order valence-corrected chi connectivity index (χ2v) is 3.80. The van der Waals surface area contributed by atoms with Gasteiger partial charge in [0.2, 0.25) is 5.89 Å². The van der Waals surface area contributed by atoms with Gasteiger partial charge in [0.1, 0.15) is 5.52 Å². The van der Waals surface area contributed by atoms with Crippen molar-refractivity contribution in [3.05, 3.63) is 24.1 Å². The van der Waals surface area contributed by atoms with E-state index in [1.54, 1.807) is 0 Å². The molecular formula is C12H17N3O. The number of aromatic nitrogens is 1. The lowest BCUT2D eigenvalue weighted by molar-refractivity contribution is 0.266. The van der Waals surface area contributed by atoms with Crippen LogP contribution < -0.4 is 5.73 Å². The average Bonchev–Trinajstić information content (AvgIpc) is 2.67. The van der Waals surface area contributed by atoms with Crippen LogP contribution in [0.1, 0.15) is 19.7 Å². The number of hydrogen-bond acceptors (Lipinski definition) is 4. The van der Waals surface area contributed by atoms with Gasteiger partial charge in [0, 0.05) is 11.8 Å². The molecule has 4 heteroatoms. The Kier molecular flexibility index (Phi) is 3.10. The summed E-state index contributed by atoms with van der Waals surface area (Å²) in [6.45, 7) is 7.00. The first-order valence-corrected chi connectivity index (χ1v) is 5.60. The van der Waals surface area contributed by atoms with Crippen molar-refractivity contribution in [3.63, 3.8) is 0 Å². The van der Waals surface area contributed by atoms with E-state index in [0.29, 0.717) is 5.69 Å². The van der Waals surface area contributed by atoms with Gasteiger partial charge < -0.3 is 10.2 Å². The number of hydrogen-bond donors (Lipinski definition) is 1. The predicted molar refractivity (Wildman–Crippen MR) is 65.0 cm³/mol. The molecule has 2 rings (SSSR count). The lowest BCUT2D eigenvalue weighted by Crippen LogP contribution is -2.22. The van der Waals surface area contributed by atoms with Gasteiger partial charge in [-0.25, -0.2) is 4.98 Å². The van der Waals surface area contributed by atoms with Crippen LogP contribution in [0.25, 0.3) is 11.1 Å². The molecule has 0 radical (unpaired) electrons. The highest BCUT2D eigenvalue weighted by molar-refractivity contribution is 5.76. The van der Waals surface area contributed by atoms with E-state index in [1.165, 1.54) is 0 Å². The molecule has 4 nitrogen and oxygen atoms in total. The van der Waals surface area contributed by atoms with E-state index in [2.05, 4.69) is 23.7 Å². The Bertz CT molecular complexity index is 474. The van der Waals surface area contributed by atoms with Gasteiger partial charge in [-0.2, -0.15) is 0 Å². The van der Waals surface area contributed by atoms with Crippen LogP contribution in [0.4, 0.5) is 5.69 Å². The molecule has 1 heterocycles. The smallest absolute Gasteiger partial charge is 0.209 e. The maximum Gasteiger partial charge on any atom is 0.209 e. The first kappa shape index (κ1) is 11.0. The van der Waals surface area contributed by atoms with E-state index < -0.39 is 0 Å². The number of oxazole rings is 1. The molecule has 0 unspecified atom stereocenters. The van der Waals surface area contributed by atoms with Crippen molar-refractivity contribution in [1.82, 2.24) is 9.88 Å². The molecule has 16 heavy (non-hydrogen) atoms. The third-order valence-electron chi connectivity index (χ3n) is 2.71. The molecular weight excluding hydrogens is 202 g/mol. The van der Waals surface area contributed by atoms with Gasteiger partial charge in [-0.3, -0.25) is 4.90 Å². The molecule has 1 aromatic heterocycles. The van der Waals surface area contributed by atoms with Crippen LogP contribution in [0, 0.1) is 0 Å². The highest BCUT2D eigenvalue weighted by atomic mass is 16.3. The second kappa shape index (κ2) is 4.53. The summed E-state index contributed by atoms with van der Waals surface area (Å²) in [4.78, 5) is 6.68. The SMILES string of the molecule is CCN(CC)Cc1nc2ccc(N)cc2o1. The number of nitrogens with two attached hydrogens (primary N) is 1. The van der Waals surface area contributed by atoms with Crippen molar-refractivity contribution in [2.45, 2.75) is 20.4 Å². The standard InChI is InChI=1S/C12H17N3O/c1-3-15(4-2)8-12-14-10-6-5-9(13)7-11(10)16-12/h5-7H,3-4,8,13H2,1-2H3. The third-order valence-corrected chi connectivity index (χ3v) is 2.71. The normalized spacial score (nSPS) is 11.4. The quantitative estimate of drug-likeness (QED) is 0.801. The fourth-order valence-corrected chi connectivity index (χ4v) is 1.70. The Morgan fingerprint density at radius 3 is 2.75 bits per heavy atom. The Balaban J connectivity index is 2.25. The van der Waals surface area contributed by atoms with E-state index in [0.717, 1.165) is 36.6 Å². The Morgan fingerprint density at radius 2 is 2.06 bits per heavy atom. The van der Waals surface area contributed by atoms with Gasteiger partial charge in [-0.15, -0.1) is 0 Å². The van der Waals surface area contributed by atoms with Crippen LogP contribution in [0.5, 0.6) is 0 Å². The molecule has 0 fully saturated rings. The number of anilines is 1. The average molecular weight is 219 g/mol. The molecule has 1 aromatic carbocycles. The van der Waals surface area contributed by atoms with Crippen molar-refractivity contribution in [2.75, 3.05) is 18.8 Å². The fourth-order valence-electron chi connectivity index (χ4n) is 1.70. The van der Waals surface area contributed by atoms with E-state index in [1.807, 2.05) is 18.2 Å². The Hall–Kier alpha value is -1.55. The zero-order chi connectivity index (χ0) is 11.5. The van der Waals surface area contributed by atoms with Crippen molar-refractivity contribution in [2.24, 2.45) is 0 Å². The first-order valence-electron chi connectivity index (χ1n) is 5.60. The predicted octanol–water partition coefficient (Wildman–Crippen LogP) is 2.25. The van der Waals surface area contributed by atoms with Crippen molar-refractivity contribution < 1.29 is 4.42 Å². The minimum absolute atomic E-state index is 0.707. The number of rotatable bonds is 4. The van der Waals surface area contributed by atoms with Crippen molar-refractivity contribution >= 4 is 16.8 Å². The number of nitrogen functional groups attached to an aromatic ring is 1. The molecule has 0 amide bonds. The molecule has 86 valence electrons. The maximum atomic E-state index is 5.69. The highest BCUT2D eigenvalue weighted by Gasteiger charge is 2.08. The molecule has 0 bridgehead atoms. The Labute approximate surface area is 95.1 Å². The Morgan fingerprint density at radius 1 is 1.31 bits per heavy atom. The summed E-state index contributed by atoms with van der Waals surface area (Å²) >= 11 is 0. The highest BCUT2D eigenvalue weighted by Crippen LogP contribution is 2.19. The van der Waals surface area contributed by atoms with Gasteiger partial charge in [0.25, 0.3) is 0 Å². The number of benzene rings is 1. The van der Waals surface area contributed by atoms with Gasteiger partial charge in [-0.1, -0.05) is 13.8 Å². The van der Waals surface area contributed by atoms with Gasteiger partial charge in [-0.05, 0) is 25.2 Å². The summed E-state index contributed by atoms with van der Waals surface area (Å²) in [6.07, 6.45) is 0. The topological polar surface area (TPSA) is 55.3 Å². The summed E-state index contributed by atoms with van der Waals surface area (Å²) in [7, 11) is 0. The number of nitrogens with zero attached hydrogens (tertiary/aromatic N) is 2. The monoisotopic (exact) mass is 219 g/mol. The fraction of sp³-hybridized carbons (Fsp3) is 0.417.